The van der Waals surface area contributed by atoms with Gasteiger partial charge in [0.05, 0.1) is 17.9 Å². The summed E-state index contributed by atoms with van der Waals surface area (Å²) in [7, 11) is 0. The molecule has 4 rings (SSSR count). The van der Waals surface area contributed by atoms with Gasteiger partial charge in [-0.2, -0.15) is 0 Å². The number of amides is 2. The molecule has 0 aliphatic carbocycles. The van der Waals surface area contributed by atoms with Gasteiger partial charge in [-0.3, -0.25) is 19.8 Å². The fraction of sp³-hybridized carbons (Fsp3) is 0.111. The fourth-order valence-corrected chi connectivity index (χ4v) is 3.82. The number of carboxylic acid groups (broad SMARTS) is 1. The van der Waals surface area contributed by atoms with Gasteiger partial charge < -0.3 is 14.6 Å². The molecule has 0 atom stereocenters. The second kappa shape index (κ2) is 10.8. The van der Waals surface area contributed by atoms with Crippen molar-refractivity contribution in [1.82, 2.24) is 5.32 Å². The van der Waals surface area contributed by atoms with Crippen LogP contribution in [0.4, 0.5) is 5.69 Å². The van der Waals surface area contributed by atoms with Crippen LogP contribution in [0.15, 0.2) is 78.4 Å². The molecule has 1 aliphatic rings. The second-order valence-electron chi connectivity index (χ2n) is 7.75. The molecule has 0 aromatic heterocycles. The molecule has 3 aromatic carbocycles. The topological polar surface area (TPSA) is 105 Å². The lowest BCUT2D eigenvalue weighted by Gasteiger charge is -2.29. The predicted octanol–water partition coefficient (Wildman–Crippen LogP) is 4.19. The van der Waals surface area contributed by atoms with E-state index in [2.05, 4.69) is 5.32 Å². The van der Waals surface area contributed by atoms with Gasteiger partial charge in [0.2, 0.25) is 0 Å². The minimum Gasteiger partial charge on any atom is -0.494 e. The summed E-state index contributed by atoms with van der Waals surface area (Å²) < 4.78 is 11.2. The molecule has 36 heavy (non-hydrogen) atoms. The molecule has 0 unspecified atom stereocenters. The summed E-state index contributed by atoms with van der Waals surface area (Å²) in [5.41, 5.74) is 1.98. The van der Waals surface area contributed by atoms with E-state index in [0.29, 0.717) is 29.4 Å². The molecule has 1 aliphatic heterocycles. The Hall–Kier alpha value is -4.50. The minimum absolute atomic E-state index is 0.00188. The number of ether oxygens (including phenoxy) is 2. The van der Waals surface area contributed by atoms with Crippen LogP contribution >= 0.6 is 12.2 Å². The summed E-state index contributed by atoms with van der Waals surface area (Å²) >= 11 is 5.24. The molecule has 3 aromatic rings. The first-order valence-electron chi connectivity index (χ1n) is 11.0. The van der Waals surface area contributed by atoms with Crippen molar-refractivity contribution in [2.24, 2.45) is 0 Å². The highest BCUT2D eigenvalue weighted by molar-refractivity contribution is 7.80. The Bertz CT molecular complexity index is 1350. The van der Waals surface area contributed by atoms with Gasteiger partial charge in [0.25, 0.3) is 11.8 Å². The highest BCUT2D eigenvalue weighted by Gasteiger charge is 2.34. The molecular weight excluding hydrogens is 480 g/mol. The van der Waals surface area contributed by atoms with Crippen LogP contribution in [0.5, 0.6) is 11.5 Å². The van der Waals surface area contributed by atoms with E-state index in [-0.39, 0.29) is 22.9 Å². The average Bonchev–Trinajstić information content (AvgIpc) is 2.87. The van der Waals surface area contributed by atoms with Gasteiger partial charge in [0, 0.05) is 0 Å². The Morgan fingerprint density at radius 2 is 1.67 bits per heavy atom. The van der Waals surface area contributed by atoms with Crippen LogP contribution < -0.4 is 19.7 Å². The predicted molar refractivity (Wildman–Crippen MR) is 138 cm³/mol. The largest absolute Gasteiger partial charge is 0.494 e. The maximum absolute atomic E-state index is 13.2. The Morgan fingerprint density at radius 1 is 1.00 bits per heavy atom. The quantitative estimate of drug-likeness (QED) is 0.270. The number of hydrogen-bond acceptors (Lipinski definition) is 6. The van der Waals surface area contributed by atoms with E-state index >= 15 is 0 Å². The van der Waals surface area contributed by atoms with Crippen LogP contribution in [0.1, 0.15) is 28.4 Å². The van der Waals surface area contributed by atoms with Gasteiger partial charge >= 0.3 is 5.97 Å². The first-order valence-corrected chi connectivity index (χ1v) is 11.5. The molecule has 8 nitrogen and oxygen atoms in total. The van der Waals surface area contributed by atoms with Crippen molar-refractivity contribution in [3.8, 4) is 11.5 Å². The minimum atomic E-state index is -1.00. The van der Waals surface area contributed by atoms with E-state index in [1.807, 2.05) is 6.92 Å². The lowest BCUT2D eigenvalue weighted by Crippen LogP contribution is -2.54. The van der Waals surface area contributed by atoms with E-state index < -0.39 is 17.8 Å². The second-order valence-corrected chi connectivity index (χ2v) is 8.13. The molecule has 182 valence electrons. The van der Waals surface area contributed by atoms with Crippen molar-refractivity contribution in [3.63, 3.8) is 0 Å². The van der Waals surface area contributed by atoms with E-state index in [4.69, 9.17) is 26.8 Å². The molecule has 2 N–H and O–H groups in total. The van der Waals surface area contributed by atoms with Gasteiger partial charge in [0.15, 0.2) is 5.11 Å². The number of carbonyl (C=O) groups is 3. The third-order valence-corrected chi connectivity index (χ3v) is 5.56. The third kappa shape index (κ3) is 5.59. The number of benzene rings is 3. The Balaban J connectivity index is 1.48. The number of nitrogens with one attached hydrogen (secondary N) is 1. The monoisotopic (exact) mass is 502 g/mol. The van der Waals surface area contributed by atoms with Gasteiger partial charge in [-0.05, 0) is 84.9 Å². The number of carbonyl (C=O) groups excluding carboxylic acids is 2. The third-order valence-electron chi connectivity index (χ3n) is 5.28. The molecule has 0 saturated carbocycles. The van der Waals surface area contributed by atoms with E-state index in [0.717, 1.165) is 5.56 Å². The number of nitrogens with zero attached hydrogens (tertiary/aromatic N) is 1. The normalized spacial score (nSPS) is 14.5. The van der Waals surface area contributed by atoms with Gasteiger partial charge in [0.1, 0.15) is 23.7 Å². The zero-order valence-corrected chi connectivity index (χ0v) is 20.1. The van der Waals surface area contributed by atoms with Crippen LogP contribution in [0.3, 0.4) is 0 Å². The van der Waals surface area contributed by atoms with Crippen LogP contribution in [0.2, 0.25) is 0 Å². The summed E-state index contributed by atoms with van der Waals surface area (Å²) in [6.07, 6.45) is 1.49. The van der Waals surface area contributed by atoms with Crippen molar-refractivity contribution in [1.29, 1.82) is 0 Å². The van der Waals surface area contributed by atoms with Crippen LogP contribution in [0.25, 0.3) is 6.08 Å². The summed E-state index contributed by atoms with van der Waals surface area (Å²) in [6, 6.07) is 20.2. The van der Waals surface area contributed by atoms with Crippen LogP contribution in [-0.2, 0) is 16.2 Å². The Labute approximate surface area is 212 Å². The Morgan fingerprint density at radius 3 is 2.33 bits per heavy atom. The van der Waals surface area contributed by atoms with E-state index in [1.54, 1.807) is 66.7 Å². The van der Waals surface area contributed by atoms with Gasteiger partial charge in [-0.1, -0.05) is 24.3 Å². The zero-order valence-electron chi connectivity index (χ0n) is 19.3. The number of hydrogen-bond donors (Lipinski definition) is 2. The van der Waals surface area contributed by atoms with Crippen LogP contribution in [0, 0.1) is 0 Å². The van der Waals surface area contributed by atoms with Crippen molar-refractivity contribution < 1.29 is 29.0 Å². The molecule has 1 fully saturated rings. The van der Waals surface area contributed by atoms with E-state index in [1.165, 1.54) is 17.0 Å². The maximum atomic E-state index is 13.2. The molecule has 0 bridgehead atoms. The first kappa shape index (κ1) is 24.6. The summed E-state index contributed by atoms with van der Waals surface area (Å²) in [5.74, 6) is -0.905. The van der Waals surface area contributed by atoms with Gasteiger partial charge in [-0.15, -0.1) is 0 Å². The fourth-order valence-electron chi connectivity index (χ4n) is 3.54. The zero-order chi connectivity index (χ0) is 25.7. The lowest BCUT2D eigenvalue weighted by molar-refractivity contribution is -0.122. The Kier molecular flexibility index (Phi) is 7.41. The van der Waals surface area contributed by atoms with Crippen molar-refractivity contribution in [3.05, 3.63) is 95.1 Å². The SMILES string of the molecule is CCOc1ccc(N2C(=O)C(=Cc3ccc(OCc4cccc(C(=O)O)c4)cc3)C(=O)NC2=S)cc1. The number of carboxylic acids is 1. The summed E-state index contributed by atoms with van der Waals surface area (Å²) in [6.45, 7) is 2.59. The van der Waals surface area contributed by atoms with Crippen LogP contribution in [-0.4, -0.2) is 34.6 Å². The summed E-state index contributed by atoms with van der Waals surface area (Å²) in [5, 5.41) is 11.7. The molecule has 1 saturated heterocycles. The van der Waals surface area contributed by atoms with Gasteiger partial charge in [-0.25, -0.2) is 4.79 Å². The molecule has 0 radical (unpaired) electrons. The van der Waals surface area contributed by atoms with Crippen molar-refractivity contribution >= 4 is 46.9 Å². The standard InChI is InChI=1S/C27H22N2O6S/c1-2-34-21-12-8-20(9-13-21)29-25(31)23(24(30)28-27(29)36)15-17-6-10-22(11-7-17)35-16-18-4-3-5-19(14-18)26(32)33/h3-15H,2,16H2,1H3,(H,32,33)(H,28,30,36). The average molecular weight is 503 g/mol. The number of thiocarbonyl (C=S) groups is 1. The first-order chi connectivity index (χ1) is 17.4. The van der Waals surface area contributed by atoms with Crippen molar-refractivity contribution in [2.45, 2.75) is 13.5 Å². The number of aromatic carboxylic acids is 1. The number of anilines is 1. The molecule has 1 heterocycles. The maximum Gasteiger partial charge on any atom is 0.335 e. The molecule has 2 amide bonds. The van der Waals surface area contributed by atoms with Crippen molar-refractivity contribution in [2.75, 3.05) is 11.5 Å². The highest BCUT2D eigenvalue weighted by Crippen LogP contribution is 2.25. The van der Waals surface area contributed by atoms with E-state index in [9.17, 15) is 14.4 Å². The molecular formula is C27H22N2O6S. The summed E-state index contributed by atoms with van der Waals surface area (Å²) in [4.78, 5) is 38.1. The molecule has 9 heteroatoms. The smallest absolute Gasteiger partial charge is 0.335 e. The highest BCUT2D eigenvalue weighted by atomic mass is 32.1. The molecule has 0 spiro atoms. The number of rotatable bonds is 8. The lowest BCUT2D eigenvalue weighted by atomic mass is 10.1.